The molecule has 3 nitrogen and oxygen atoms in total. The van der Waals surface area contributed by atoms with E-state index in [1.54, 1.807) is 22.9 Å². The summed E-state index contributed by atoms with van der Waals surface area (Å²) in [6.45, 7) is 0.232. The third kappa shape index (κ3) is 1.97. The molecule has 104 valence electrons. The zero-order valence-corrected chi connectivity index (χ0v) is 11.6. The van der Waals surface area contributed by atoms with E-state index in [1.807, 2.05) is 18.2 Å². The smallest absolute Gasteiger partial charge is 0.423 e. The van der Waals surface area contributed by atoms with Gasteiger partial charge in [-0.05, 0) is 47.4 Å². The summed E-state index contributed by atoms with van der Waals surface area (Å²) >= 11 is 5.97. The van der Waals surface area contributed by atoms with E-state index in [0.29, 0.717) is 21.7 Å². The molecule has 6 heteroatoms. The molecule has 1 N–H and O–H groups in total. The van der Waals surface area contributed by atoms with Gasteiger partial charge in [0.25, 0.3) is 0 Å². The Hall–Kier alpha value is -1.82. The second kappa shape index (κ2) is 4.60. The summed E-state index contributed by atoms with van der Waals surface area (Å²) in [6, 6.07) is 10.4. The van der Waals surface area contributed by atoms with Gasteiger partial charge in [0.05, 0.1) is 17.8 Å². The van der Waals surface area contributed by atoms with Crippen molar-refractivity contribution in [2.24, 2.45) is 0 Å². The Balaban J connectivity index is 1.95. The molecule has 0 atom stereocenters. The Kier molecular flexibility index (Phi) is 2.82. The van der Waals surface area contributed by atoms with Gasteiger partial charge >= 0.3 is 7.12 Å². The Morgan fingerprint density at radius 1 is 1.24 bits per heavy atom. The van der Waals surface area contributed by atoms with Gasteiger partial charge in [-0.3, -0.25) is 0 Å². The first-order chi connectivity index (χ1) is 10.1. The highest BCUT2D eigenvalue weighted by molar-refractivity contribution is 6.61. The molecule has 0 saturated carbocycles. The molecule has 0 radical (unpaired) electrons. The number of halogens is 2. The minimum Gasteiger partial charge on any atom is -0.423 e. The lowest BCUT2D eigenvalue weighted by atomic mass is 9.79. The zero-order chi connectivity index (χ0) is 14.6. The Bertz CT molecular complexity index is 864. The van der Waals surface area contributed by atoms with Gasteiger partial charge in [-0.25, -0.2) is 4.39 Å². The molecular weight excluding hydrogens is 291 g/mol. The van der Waals surface area contributed by atoms with Crippen molar-refractivity contribution in [3.8, 4) is 5.69 Å². The molecule has 2 aromatic carbocycles. The van der Waals surface area contributed by atoms with Gasteiger partial charge in [0, 0.05) is 16.6 Å². The molecule has 1 aliphatic heterocycles. The van der Waals surface area contributed by atoms with E-state index in [-0.39, 0.29) is 12.4 Å². The lowest BCUT2D eigenvalue weighted by Crippen LogP contribution is -2.28. The number of rotatable bonds is 1. The predicted molar refractivity (Wildman–Crippen MR) is 80.6 cm³/mol. The van der Waals surface area contributed by atoms with Crippen LogP contribution in [-0.4, -0.2) is 16.7 Å². The van der Waals surface area contributed by atoms with E-state index in [0.717, 1.165) is 10.9 Å². The Morgan fingerprint density at radius 3 is 2.95 bits per heavy atom. The van der Waals surface area contributed by atoms with Crippen molar-refractivity contribution < 1.29 is 14.1 Å². The van der Waals surface area contributed by atoms with Crippen LogP contribution < -0.4 is 5.46 Å². The van der Waals surface area contributed by atoms with Gasteiger partial charge < -0.3 is 14.2 Å². The minimum atomic E-state index is -0.990. The van der Waals surface area contributed by atoms with Crippen LogP contribution in [-0.2, 0) is 11.3 Å². The number of aromatic nitrogens is 1. The largest absolute Gasteiger partial charge is 0.491 e. The fourth-order valence-corrected chi connectivity index (χ4v) is 2.92. The highest BCUT2D eigenvalue weighted by Gasteiger charge is 2.29. The number of hydrogen-bond acceptors (Lipinski definition) is 2. The van der Waals surface area contributed by atoms with Crippen molar-refractivity contribution in [2.45, 2.75) is 6.61 Å². The summed E-state index contributed by atoms with van der Waals surface area (Å²) in [6.07, 6.45) is 1.79. The van der Waals surface area contributed by atoms with Crippen LogP contribution in [0.5, 0.6) is 0 Å². The highest BCUT2D eigenvalue weighted by Crippen LogP contribution is 2.26. The maximum absolute atomic E-state index is 14.4. The average molecular weight is 302 g/mol. The van der Waals surface area contributed by atoms with Crippen molar-refractivity contribution in [3.05, 3.63) is 59.0 Å². The molecule has 0 amide bonds. The summed E-state index contributed by atoms with van der Waals surface area (Å²) < 4.78 is 21.2. The Morgan fingerprint density at radius 2 is 2.10 bits per heavy atom. The molecule has 0 saturated heterocycles. The highest BCUT2D eigenvalue weighted by atomic mass is 35.5. The maximum Gasteiger partial charge on any atom is 0.491 e. The monoisotopic (exact) mass is 301 g/mol. The van der Waals surface area contributed by atoms with Crippen LogP contribution >= 0.6 is 11.6 Å². The number of benzene rings is 2. The van der Waals surface area contributed by atoms with Gasteiger partial charge in [0.1, 0.15) is 5.82 Å². The normalized spacial score (nSPS) is 14.0. The molecule has 0 bridgehead atoms. The summed E-state index contributed by atoms with van der Waals surface area (Å²) in [5.41, 5.74) is 2.53. The van der Waals surface area contributed by atoms with E-state index in [1.165, 1.54) is 6.07 Å². The molecule has 3 aromatic rings. The first kappa shape index (κ1) is 12.9. The van der Waals surface area contributed by atoms with Crippen LogP contribution in [0.1, 0.15) is 5.56 Å². The SMILES string of the molecule is OB1OCc2cc(F)c(-n3ccc4cc(Cl)ccc43)cc21. The molecular formula is C15H10BClFNO2. The van der Waals surface area contributed by atoms with E-state index in [4.69, 9.17) is 16.3 Å². The van der Waals surface area contributed by atoms with Crippen LogP contribution in [0, 0.1) is 5.82 Å². The molecule has 0 spiro atoms. The molecule has 2 heterocycles. The third-order valence-corrected chi connectivity index (χ3v) is 4.02. The number of nitrogens with zero attached hydrogens (tertiary/aromatic N) is 1. The van der Waals surface area contributed by atoms with E-state index < -0.39 is 7.12 Å². The Labute approximate surface area is 125 Å². The topological polar surface area (TPSA) is 34.4 Å². The van der Waals surface area contributed by atoms with Gasteiger partial charge in [0.2, 0.25) is 0 Å². The minimum absolute atomic E-state index is 0.232. The van der Waals surface area contributed by atoms with Crippen LogP contribution in [0.15, 0.2) is 42.6 Å². The predicted octanol–water partition coefficient (Wildman–Crippen LogP) is 2.64. The summed E-state index contributed by atoms with van der Waals surface area (Å²) in [5.74, 6) is -0.348. The lowest BCUT2D eigenvalue weighted by molar-refractivity contribution is 0.275. The van der Waals surface area contributed by atoms with Crippen molar-refractivity contribution >= 4 is 35.1 Å². The fourth-order valence-electron chi connectivity index (χ4n) is 2.74. The first-order valence-corrected chi connectivity index (χ1v) is 6.90. The van der Waals surface area contributed by atoms with Gasteiger partial charge in [-0.15, -0.1) is 0 Å². The molecule has 0 unspecified atom stereocenters. The van der Waals surface area contributed by atoms with Crippen molar-refractivity contribution in [1.82, 2.24) is 4.57 Å². The van der Waals surface area contributed by atoms with Gasteiger partial charge in [-0.1, -0.05) is 11.6 Å². The zero-order valence-electron chi connectivity index (χ0n) is 10.9. The summed E-state index contributed by atoms with van der Waals surface area (Å²) in [4.78, 5) is 0. The first-order valence-electron chi connectivity index (χ1n) is 6.52. The van der Waals surface area contributed by atoms with E-state index in [9.17, 15) is 9.41 Å². The van der Waals surface area contributed by atoms with Crippen LogP contribution in [0.3, 0.4) is 0 Å². The standard InChI is InChI=1S/C15H10BClFNO2/c17-11-1-2-14-9(5-11)3-4-19(14)15-7-12-10(6-13(15)18)8-21-16(12)20/h1-7,20H,8H2. The second-order valence-electron chi connectivity index (χ2n) is 5.05. The summed E-state index contributed by atoms with van der Waals surface area (Å²) in [7, 11) is -0.990. The lowest BCUT2D eigenvalue weighted by Gasteiger charge is -2.09. The molecule has 1 aliphatic rings. The van der Waals surface area contributed by atoms with E-state index >= 15 is 0 Å². The van der Waals surface area contributed by atoms with Crippen LogP contribution in [0.4, 0.5) is 4.39 Å². The molecule has 4 rings (SSSR count). The fraction of sp³-hybridized carbons (Fsp3) is 0.0667. The van der Waals surface area contributed by atoms with E-state index in [2.05, 4.69) is 0 Å². The summed E-state index contributed by atoms with van der Waals surface area (Å²) in [5, 5.41) is 11.3. The van der Waals surface area contributed by atoms with Crippen molar-refractivity contribution in [2.75, 3.05) is 0 Å². The van der Waals surface area contributed by atoms with Gasteiger partial charge in [-0.2, -0.15) is 0 Å². The van der Waals surface area contributed by atoms with Crippen LogP contribution in [0.25, 0.3) is 16.6 Å². The maximum atomic E-state index is 14.4. The third-order valence-electron chi connectivity index (χ3n) is 3.78. The quantitative estimate of drug-likeness (QED) is 0.701. The van der Waals surface area contributed by atoms with Crippen LogP contribution in [0.2, 0.25) is 5.02 Å². The average Bonchev–Trinajstić information content (AvgIpc) is 3.02. The van der Waals surface area contributed by atoms with Crippen molar-refractivity contribution in [3.63, 3.8) is 0 Å². The molecule has 1 aromatic heterocycles. The molecule has 0 fully saturated rings. The second-order valence-corrected chi connectivity index (χ2v) is 5.49. The molecule has 21 heavy (non-hydrogen) atoms. The van der Waals surface area contributed by atoms with Gasteiger partial charge in [0.15, 0.2) is 0 Å². The molecule has 0 aliphatic carbocycles. The van der Waals surface area contributed by atoms with Crippen molar-refractivity contribution in [1.29, 1.82) is 0 Å². The number of fused-ring (bicyclic) bond motifs is 2. The number of hydrogen-bond donors (Lipinski definition) is 1.